The van der Waals surface area contributed by atoms with Crippen molar-refractivity contribution in [2.45, 2.75) is 25.4 Å². The van der Waals surface area contributed by atoms with Crippen molar-refractivity contribution in [3.8, 4) is 0 Å². The van der Waals surface area contributed by atoms with Crippen LogP contribution in [-0.2, 0) is 11.3 Å². The van der Waals surface area contributed by atoms with Gasteiger partial charge in [-0.25, -0.2) is 4.98 Å². The van der Waals surface area contributed by atoms with Gasteiger partial charge < -0.3 is 9.64 Å². The zero-order valence-electron chi connectivity index (χ0n) is 14.0. The van der Waals surface area contributed by atoms with Crippen LogP contribution >= 0.6 is 11.7 Å². The Balaban J connectivity index is 1.86. The molecule has 4 rings (SSSR count). The van der Waals surface area contributed by atoms with Crippen LogP contribution in [0.4, 0.5) is 5.82 Å². The van der Waals surface area contributed by atoms with Crippen LogP contribution in [0, 0.1) is 0 Å². The van der Waals surface area contributed by atoms with Crippen molar-refractivity contribution < 1.29 is 4.74 Å². The molecule has 0 amide bonds. The van der Waals surface area contributed by atoms with Crippen molar-refractivity contribution in [2.24, 2.45) is 0 Å². The second kappa shape index (κ2) is 6.89. The molecule has 3 heterocycles. The van der Waals surface area contributed by atoms with Crippen molar-refractivity contribution in [1.29, 1.82) is 0 Å². The summed E-state index contributed by atoms with van der Waals surface area (Å²) in [5.41, 5.74) is 0.723. The molecule has 1 saturated heterocycles. The summed E-state index contributed by atoms with van der Waals surface area (Å²) < 4.78 is 15.4. The van der Waals surface area contributed by atoms with E-state index in [1.807, 2.05) is 24.3 Å². The number of ether oxygens (including phenoxy) is 1. The number of aromatic nitrogens is 4. The number of nitrogens with zero attached hydrogens (tertiary/aromatic N) is 5. The minimum Gasteiger partial charge on any atom is -0.383 e. The molecule has 0 spiro atoms. The fourth-order valence-corrected chi connectivity index (χ4v) is 3.86. The lowest BCUT2D eigenvalue weighted by molar-refractivity contribution is 0.184. The van der Waals surface area contributed by atoms with Gasteiger partial charge in [0.2, 0.25) is 0 Å². The lowest BCUT2D eigenvalue weighted by Gasteiger charge is -2.26. The summed E-state index contributed by atoms with van der Waals surface area (Å²) in [6, 6.07) is 7.53. The summed E-state index contributed by atoms with van der Waals surface area (Å²) in [5, 5.41) is 0.641. The molecular weight excluding hydrogens is 338 g/mol. The maximum absolute atomic E-state index is 13.0. The number of anilines is 1. The van der Waals surface area contributed by atoms with Gasteiger partial charge in [0, 0.05) is 13.7 Å². The van der Waals surface area contributed by atoms with Gasteiger partial charge in [-0.2, -0.15) is 8.75 Å². The van der Waals surface area contributed by atoms with E-state index in [0.717, 1.165) is 36.5 Å². The molecule has 1 aliphatic heterocycles. The van der Waals surface area contributed by atoms with E-state index in [2.05, 4.69) is 13.6 Å². The molecule has 8 heteroatoms. The fourth-order valence-electron chi connectivity index (χ4n) is 3.43. The number of rotatable bonds is 5. The first-order chi connectivity index (χ1) is 12.3. The number of methoxy groups -OCH3 is 1. The maximum atomic E-state index is 13.0. The fraction of sp³-hybridized carbons (Fsp3) is 0.412. The van der Waals surface area contributed by atoms with Crippen LogP contribution in [0.5, 0.6) is 0 Å². The van der Waals surface area contributed by atoms with Crippen molar-refractivity contribution in [2.75, 3.05) is 25.2 Å². The molecule has 25 heavy (non-hydrogen) atoms. The number of hydrogen-bond donors (Lipinski definition) is 0. The zero-order chi connectivity index (χ0) is 17.2. The van der Waals surface area contributed by atoms with E-state index in [1.165, 1.54) is 11.7 Å². The number of hydrogen-bond acceptors (Lipinski definition) is 7. The smallest absolute Gasteiger partial charge is 0.261 e. The predicted octanol–water partition coefficient (Wildman–Crippen LogP) is 2.24. The first kappa shape index (κ1) is 16.2. The molecule has 130 valence electrons. The molecule has 1 fully saturated rings. The maximum Gasteiger partial charge on any atom is 0.261 e. The molecule has 0 N–H and O–H groups in total. The lowest BCUT2D eigenvalue weighted by atomic mass is 10.1. The van der Waals surface area contributed by atoms with Crippen molar-refractivity contribution in [3.63, 3.8) is 0 Å². The molecule has 0 aliphatic carbocycles. The molecule has 2 aromatic heterocycles. The summed E-state index contributed by atoms with van der Waals surface area (Å²) in [6.07, 6.45) is 3.76. The highest BCUT2D eigenvalue weighted by atomic mass is 32.1. The van der Waals surface area contributed by atoms with E-state index >= 15 is 0 Å². The van der Waals surface area contributed by atoms with Crippen molar-refractivity contribution in [3.05, 3.63) is 46.6 Å². The first-order valence-corrected chi connectivity index (χ1v) is 9.05. The quantitative estimate of drug-likeness (QED) is 0.697. The van der Waals surface area contributed by atoms with Gasteiger partial charge in [0.05, 0.1) is 48.0 Å². The molecule has 0 bridgehead atoms. The van der Waals surface area contributed by atoms with Crippen LogP contribution in [0.25, 0.3) is 10.9 Å². The third-order valence-electron chi connectivity index (χ3n) is 4.60. The Hall–Kier alpha value is -2.32. The van der Waals surface area contributed by atoms with E-state index in [1.54, 1.807) is 17.9 Å². The summed E-state index contributed by atoms with van der Waals surface area (Å²) in [5.74, 6) is 1.64. The topological polar surface area (TPSA) is 73.1 Å². The number of para-hydroxylation sites is 1. The van der Waals surface area contributed by atoms with Crippen molar-refractivity contribution in [1.82, 2.24) is 18.3 Å². The zero-order valence-corrected chi connectivity index (χ0v) is 14.8. The Labute approximate surface area is 149 Å². The van der Waals surface area contributed by atoms with Gasteiger partial charge in [-0.05, 0) is 25.0 Å². The Morgan fingerprint density at radius 1 is 1.36 bits per heavy atom. The van der Waals surface area contributed by atoms with Gasteiger partial charge >= 0.3 is 0 Å². The second-order valence-corrected chi connectivity index (χ2v) is 6.61. The summed E-state index contributed by atoms with van der Waals surface area (Å²) in [4.78, 5) is 20.1. The van der Waals surface area contributed by atoms with E-state index in [0.29, 0.717) is 18.5 Å². The van der Waals surface area contributed by atoms with Gasteiger partial charge in [-0.1, -0.05) is 12.1 Å². The van der Waals surface area contributed by atoms with Crippen molar-refractivity contribution >= 4 is 28.4 Å². The molecule has 1 aromatic carbocycles. The number of benzene rings is 1. The minimum atomic E-state index is -0.0131. The van der Waals surface area contributed by atoms with E-state index in [-0.39, 0.29) is 11.6 Å². The Kier molecular flexibility index (Phi) is 4.46. The molecule has 7 nitrogen and oxygen atoms in total. The second-order valence-electron chi connectivity index (χ2n) is 6.05. The van der Waals surface area contributed by atoms with Crippen LogP contribution in [0.1, 0.15) is 24.7 Å². The molecule has 0 radical (unpaired) electrons. The normalized spacial score (nSPS) is 17.5. The van der Waals surface area contributed by atoms with E-state index in [9.17, 15) is 4.79 Å². The van der Waals surface area contributed by atoms with Crippen LogP contribution in [0.2, 0.25) is 0 Å². The average molecular weight is 357 g/mol. The Morgan fingerprint density at radius 2 is 2.24 bits per heavy atom. The highest BCUT2D eigenvalue weighted by Crippen LogP contribution is 2.34. The molecule has 0 saturated carbocycles. The van der Waals surface area contributed by atoms with Gasteiger partial charge in [0.15, 0.2) is 5.82 Å². The van der Waals surface area contributed by atoms with Gasteiger partial charge in [0.1, 0.15) is 5.82 Å². The molecule has 1 unspecified atom stereocenters. The SMILES string of the molecule is COCCn1c(C2CCCN2c2cnsn2)nc2ccccc2c1=O. The van der Waals surface area contributed by atoms with E-state index < -0.39 is 0 Å². The predicted molar refractivity (Wildman–Crippen MR) is 97.1 cm³/mol. The summed E-state index contributed by atoms with van der Waals surface area (Å²) in [7, 11) is 1.64. The van der Waals surface area contributed by atoms with E-state index in [4.69, 9.17) is 9.72 Å². The Bertz CT molecular complexity index is 924. The third kappa shape index (κ3) is 2.91. The third-order valence-corrected chi connectivity index (χ3v) is 5.07. The van der Waals surface area contributed by atoms with Crippen LogP contribution < -0.4 is 10.5 Å². The first-order valence-electron chi connectivity index (χ1n) is 8.32. The molecule has 3 aromatic rings. The molecule has 1 aliphatic rings. The average Bonchev–Trinajstić information content (AvgIpc) is 3.32. The molecule has 1 atom stereocenters. The highest BCUT2D eigenvalue weighted by Gasteiger charge is 2.31. The largest absolute Gasteiger partial charge is 0.383 e. The van der Waals surface area contributed by atoms with Crippen LogP contribution in [0.15, 0.2) is 35.3 Å². The van der Waals surface area contributed by atoms with Gasteiger partial charge in [-0.3, -0.25) is 9.36 Å². The van der Waals surface area contributed by atoms with Crippen LogP contribution in [-0.4, -0.2) is 38.6 Å². The standard InChI is InChI=1S/C17H19N5O2S/c1-24-10-9-22-16(19-13-6-3-2-5-12(13)17(22)23)14-7-4-8-21(14)15-11-18-25-20-15/h2-3,5-6,11,14H,4,7-10H2,1H3. The number of fused-ring (bicyclic) bond motifs is 1. The lowest BCUT2D eigenvalue weighted by Crippen LogP contribution is -2.33. The monoisotopic (exact) mass is 357 g/mol. The summed E-state index contributed by atoms with van der Waals surface area (Å²) >= 11 is 1.20. The summed E-state index contributed by atoms with van der Waals surface area (Å²) in [6.45, 7) is 1.85. The van der Waals surface area contributed by atoms with Crippen LogP contribution in [0.3, 0.4) is 0 Å². The Morgan fingerprint density at radius 3 is 3.04 bits per heavy atom. The van der Waals surface area contributed by atoms with Gasteiger partial charge in [0.25, 0.3) is 5.56 Å². The highest BCUT2D eigenvalue weighted by molar-refractivity contribution is 6.99. The van der Waals surface area contributed by atoms with Gasteiger partial charge in [-0.15, -0.1) is 0 Å². The molecular formula is C17H19N5O2S. The minimum absolute atomic E-state index is 0.0131.